The van der Waals surface area contributed by atoms with Crippen molar-refractivity contribution >= 4 is 0 Å². The van der Waals surface area contributed by atoms with E-state index in [0.717, 1.165) is 32.2 Å². The summed E-state index contributed by atoms with van der Waals surface area (Å²) in [5.41, 5.74) is 0. The van der Waals surface area contributed by atoms with Gasteiger partial charge in [0.2, 0.25) is 0 Å². The van der Waals surface area contributed by atoms with E-state index in [1.165, 1.54) is 6.42 Å². The molecule has 0 unspecified atom stereocenters. The molecule has 0 N–H and O–H groups in total. The average molecular weight is 128 g/mol. The van der Waals surface area contributed by atoms with Crippen molar-refractivity contribution in [1.82, 2.24) is 0 Å². The smallest absolute Gasteiger partial charge is 0.0648 e. The molecule has 0 bridgehead atoms. The number of fused-ring (bicyclic) bond motifs is 1. The second-order valence-electron chi connectivity index (χ2n) is 2.82. The van der Waals surface area contributed by atoms with Crippen molar-refractivity contribution in [3.05, 3.63) is 0 Å². The fraction of sp³-hybridized carbons (Fsp3) is 1.00. The molecule has 2 aliphatic rings. The summed E-state index contributed by atoms with van der Waals surface area (Å²) in [6, 6.07) is 0. The zero-order valence-electron chi connectivity index (χ0n) is 5.51. The molecule has 0 saturated carbocycles. The van der Waals surface area contributed by atoms with Gasteiger partial charge < -0.3 is 9.47 Å². The molecule has 2 rings (SSSR count). The Morgan fingerprint density at radius 2 is 2.11 bits per heavy atom. The summed E-state index contributed by atoms with van der Waals surface area (Å²) in [4.78, 5) is 0. The van der Waals surface area contributed by atoms with E-state index in [-0.39, 0.29) is 0 Å². The van der Waals surface area contributed by atoms with E-state index in [4.69, 9.17) is 9.47 Å². The molecule has 2 atom stereocenters. The van der Waals surface area contributed by atoms with Crippen LogP contribution >= 0.6 is 0 Å². The standard InChI is InChI=1S/C7H12O2/c1-4-9-7-2-3-8-5-6(1)7/h6-7H,1-5H2/t6-,7+/m0/s1. The van der Waals surface area contributed by atoms with Crippen LogP contribution in [0.1, 0.15) is 12.8 Å². The summed E-state index contributed by atoms with van der Waals surface area (Å²) in [6.45, 7) is 2.80. The highest BCUT2D eigenvalue weighted by Crippen LogP contribution is 2.26. The number of hydrogen-bond donors (Lipinski definition) is 0. The maximum absolute atomic E-state index is 5.48. The minimum atomic E-state index is 0.541. The van der Waals surface area contributed by atoms with E-state index in [9.17, 15) is 0 Å². The zero-order valence-corrected chi connectivity index (χ0v) is 5.51. The fourth-order valence-corrected chi connectivity index (χ4v) is 1.64. The van der Waals surface area contributed by atoms with E-state index in [0.29, 0.717) is 6.10 Å². The predicted molar refractivity (Wildman–Crippen MR) is 33.3 cm³/mol. The Balaban J connectivity index is 1.97. The minimum absolute atomic E-state index is 0.541. The molecule has 52 valence electrons. The second kappa shape index (κ2) is 2.27. The summed E-state index contributed by atoms with van der Waals surface area (Å²) < 4.78 is 10.8. The SMILES string of the molecule is C1C[C@H]2OCC[C@H]2CO1. The second-order valence-corrected chi connectivity index (χ2v) is 2.82. The van der Waals surface area contributed by atoms with Crippen molar-refractivity contribution in [3.8, 4) is 0 Å². The molecule has 0 radical (unpaired) electrons. The van der Waals surface area contributed by atoms with E-state index < -0.39 is 0 Å². The number of hydrogen-bond acceptors (Lipinski definition) is 2. The zero-order chi connectivity index (χ0) is 6.10. The van der Waals surface area contributed by atoms with Gasteiger partial charge in [-0.2, -0.15) is 0 Å². The molecule has 0 spiro atoms. The van der Waals surface area contributed by atoms with E-state index in [2.05, 4.69) is 0 Å². The number of rotatable bonds is 0. The van der Waals surface area contributed by atoms with Crippen LogP contribution in [0.2, 0.25) is 0 Å². The third-order valence-electron chi connectivity index (χ3n) is 2.22. The molecule has 0 aliphatic carbocycles. The summed E-state index contributed by atoms with van der Waals surface area (Å²) >= 11 is 0. The highest BCUT2D eigenvalue weighted by molar-refractivity contribution is 4.78. The molecule has 2 fully saturated rings. The lowest BCUT2D eigenvalue weighted by atomic mass is 9.99. The van der Waals surface area contributed by atoms with Gasteiger partial charge in [0.25, 0.3) is 0 Å². The van der Waals surface area contributed by atoms with Gasteiger partial charge in [-0.15, -0.1) is 0 Å². The van der Waals surface area contributed by atoms with Crippen LogP contribution in [-0.2, 0) is 9.47 Å². The van der Waals surface area contributed by atoms with Crippen LogP contribution in [0.25, 0.3) is 0 Å². The minimum Gasteiger partial charge on any atom is -0.381 e. The molecule has 2 heteroatoms. The fourth-order valence-electron chi connectivity index (χ4n) is 1.64. The first-order valence-corrected chi connectivity index (χ1v) is 3.66. The summed E-state index contributed by atoms with van der Waals surface area (Å²) in [5, 5.41) is 0. The van der Waals surface area contributed by atoms with Gasteiger partial charge in [0.15, 0.2) is 0 Å². The first kappa shape index (κ1) is 5.69. The van der Waals surface area contributed by atoms with Crippen LogP contribution in [0.4, 0.5) is 0 Å². The quantitative estimate of drug-likeness (QED) is 0.480. The largest absolute Gasteiger partial charge is 0.381 e. The summed E-state index contributed by atoms with van der Waals surface area (Å²) in [6.07, 6.45) is 2.87. The maximum Gasteiger partial charge on any atom is 0.0648 e. The van der Waals surface area contributed by atoms with Crippen LogP contribution in [0.3, 0.4) is 0 Å². The normalized spacial score (nSPS) is 42.7. The highest BCUT2D eigenvalue weighted by atomic mass is 16.5. The van der Waals surface area contributed by atoms with Crippen molar-refractivity contribution in [3.63, 3.8) is 0 Å². The van der Waals surface area contributed by atoms with Crippen molar-refractivity contribution in [2.24, 2.45) is 5.92 Å². The average Bonchev–Trinajstić information content (AvgIpc) is 2.33. The van der Waals surface area contributed by atoms with Gasteiger partial charge in [0.1, 0.15) is 0 Å². The predicted octanol–water partition coefficient (Wildman–Crippen LogP) is 0.812. The molecule has 2 aliphatic heterocycles. The molecule has 2 saturated heterocycles. The Morgan fingerprint density at radius 3 is 3.00 bits per heavy atom. The molecule has 0 aromatic heterocycles. The van der Waals surface area contributed by atoms with Crippen LogP contribution in [0, 0.1) is 5.92 Å². The first-order valence-electron chi connectivity index (χ1n) is 3.66. The Bertz CT molecular complexity index is 91.1. The van der Waals surface area contributed by atoms with Crippen molar-refractivity contribution in [2.45, 2.75) is 18.9 Å². The molecular formula is C7H12O2. The van der Waals surface area contributed by atoms with Gasteiger partial charge in [-0.05, 0) is 12.8 Å². The van der Waals surface area contributed by atoms with E-state index in [1.54, 1.807) is 0 Å². The van der Waals surface area contributed by atoms with Gasteiger partial charge in [-0.25, -0.2) is 0 Å². The molecule has 9 heavy (non-hydrogen) atoms. The summed E-state index contributed by atoms with van der Waals surface area (Å²) in [5.74, 6) is 0.721. The molecule has 2 nitrogen and oxygen atoms in total. The van der Waals surface area contributed by atoms with Gasteiger partial charge in [0.05, 0.1) is 12.7 Å². The molecule has 0 amide bonds. The topological polar surface area (TPSA) is 18.5 Å². The number of ether oxygens (including phenoxy) is 2. The Labute approximate surface area is 55.1 Å². The maximum atomic E-state index is 5.48. The van der Waals surface area contributed by atoms with Gasteiger partial charge in [-0.1, -0.05) is 0 Å². The lowest BCUT2D eigenvalue weighted by Crippen LogP contribution is -2.28. The van der Waals surface area contributed by atoms with Crippen molar-refractivity contribution < 1.29 is 9.47 Å². The third-order valence-corrected chi connectivity index (χ3v) is 2.22. The van der Waals surface area contributed by atoms with Gasteiger partial charge >= 0.3 is 0 Å². The van der Waals surface area contributed by atoms with Crippen LogP contribution in [-0.4, -0.2) is 25.9 Å². The first-order chi connectivity index (χ1) is 4.47. The Morgan fingerprint density at radius 1 is 1.11 bits per heavy atom. The van der Waals surface area contributed by atoms with E-state index in [1.807, 2.05) is 0 Å². The van der Waals surface area contributed by atoms with Crippen LogP contribution in [0.5, 0.6) is 0 Å². The monoisotopic (exact) mass is 128 g/mol. The third kappa shape index (κ3) is 0.970. The molecule has 0 aromatic rings. The van der Waals surface area contributed by atoms with Gasteiger partial charge in [-0.3, -0.25) is 0 Å². The lowest BCUT2D eigenvalue weighted by molar-refractivity contribution is -0.0199. The lowest BCUT2D eigenvalue weighted by Gasteiger charge is -2.23. The van der Waals surface area contributed by atoms with Crippen LogP contribution < -0.4 is 0 Å². The summed E-state index contributed by atoms with van der Waals surface area (Å²) in [7, 11) is 0. The van der Waals surface area contributed by atoms with Crippen LogP contribution in [0.15, 0.2) is 0 Å². The molecular weight excluding hydrogens is 116 g/mol. The highest BCUT2D eigenvalue weighted by Gasteiger charge is 2.30. The van der Waals surface area contributed by atoms with Gasteiger partial charge in [0, 0.05) is 19.1 Å². The van der Waals surface area contributed by atoms with E-state index >= 15 is 0 Å². The Hall–Kier alpha value is -0.0800. The molecule has 0 aromatic carbocycles. The van der Waals surface area contributed by atoms with Crippen molar-refractivity contribution in [1.29, 1.82) is 0 Å². The molecule has 2 heterocycles. The Kier molecular flexibility index (Phi) is 1.44. The van der Waals surface area contributed by atoms with Crippen molar-refractivity contribution in [2.75, 3.05) is 19.8 Å².